The molecule has 0 aromatic carbocycles. The number of ether oxygens (including phenoxy) is 1. The van der Waals surface area contributed by atoms with Gasteiger partial charge in [-0.25, -0.2) is 4.98 Å². The summed E-state index contributed by atoms with van der Waals surface area (Å²) in [7, 11) is 0. The topological polar surface area (TPSA) is 73.1 Å². The Hall–Kier alpha value is -1.52. The molecule has 1 heterocycles. The normalized spacial score (nSPS) is 13.2. The average molecular weight is 266 g/mol. The van der Waals surface area contributed by atoms with Crippen LogP contribution in [0.2, 0.25) is 0 Å². The van der Waals surface area contributed by atoms with Gasteiger partial charge in [0.05, 0.1) is 6.61 Å². The van der Waals surface area contributed by atoms with Crippen molar-refractivity contribution in [3.8, 4) is 5.88 Å². The number of anilines is 2. The molecule has 0 aliphatic rings. The highest BCUT2D eigenvalue weighted by molar-refractivity contribution is 5.67. The van der Waals surface area contributed by atoms with E-state index in [1.165, 1.54) is 0 Å². The van der Waals surface area contributed by atoms with E-state index in [1.54, 1.807) is 0 Å². The van der Waals surface area contributed by atoms with E-state index in [9.17, 15) is 0 Å². The number of aromatic nitrogens is 2. The second kappa shape index (κ2) is 6.08. The van der Waals surface area contributed by atoms with Gasteiger partial charge in [-0.15, -0.1) is 0 Å². The molecule has 0 radical (unpaired) electrons. The van der Waals surface area contributed by atoms with Gasteiger partial charge >= 0.3 is 0 Å². The number of nitrogens with two attached hydrogens (primary N) is 1. The molecule has 5 heteroatoms. The summed E-state index contributed by atoms with van der Waals surface area (Å²) in [5.41, 5.74) is 6.41. The second-order valence-corrected chi connectivity index (χ2v) is 5.75. The Morgan fingerprint density at radius 1 is 1.26 bits per heavy atom. The van der Waals surface area contributed by atoms with E-state index in [4.69, 9.17) is 10.5 Å². The first-order valence-electron chi connectivity index (χ1n) is 6.86. The van der Waals surface area contributed by atoms with Crippen LogP contribution in [-0.4, -0.2) is 22.6 Å². The summed E-state index contributed by atoms with van der Waals surface area (Å²) in [5, 5.41) is 3.32. The smallest absolute Gasteiger partial charge is 0.242 e. The SMILES string of the molecule is CCOc1nc(C(C)(C)C)nc(NC(C)CC)c1N. The fraction of sp³-hybridized carbons (Fsp3) is 0.714. The van der Waals surface area contributed by atoms with E-state index < -0.39 is 0 Å². The minimum atomic E-state index is -0.147. The average Bonchev–Trinajstić information content (AvgIpc) is 2.32. The van der Waals surface area contributed by atoms with Crippen LogP contribution in [0.1, 0.15) is 53.8 Å². The van der Waals surface area contributed by atoms with Gasteiger partial charge in [0.15, 0.2) is 5.82 Å². The van der Waals surface area contributed by atoms with Crippen LogP contribution in [-0.2, 0) is 5.41 Å². The Morgan fingerprint density at radius 3 is 2.37 bits per heavy atom. The van der Waals surface area contributed by atoms with Crippen molar-refractivity contribution in [1.29, 1.82) is 0 Å². The zero-order valence-corrected chi connectivity index (χ0v) is 12.9. The van der Waals surface area contributed by atoms with Gasteiger partial charge in [0.2, 0.25) is 5.88 Å². The molecule has 0 spiro atoms. The first-order chi connectivity index (χ1) is 8.79. The summed E-state index contributed by atoms with van der Waals surface area (Å²) in [6, 6.07) is 0.305. The number of hydrogen-bond acceptors (Lipinski definition) is 5. The first-order valence-corrected chi connectivity index (χ1v) is 6.86. The maximum atomic E-state index is 6.07. The molecule has 19 heavy (non-hydrogen) atoms. The lowest BCUT2D eigenvalue weighted by Crippen LogP contribution is -2.22. The Morgan fingerprint density at radius 2 is 1.89 bits per heavy atom. The molecule has 1 rings (SSSR count). The lowest BCUT2D eigenvalue weighted by Gasteiger charge is -2.21. The zero-order chi connectivity index (χ0) is 14.6. The molecule has 0 amide bonds. The molecule has 1 unspecified atom stereocenters. The summed E-state index contributed by atoms with van der Waals surface area (Å²) in [6.07, 6.45) is 0.998. The zero-order valence-electron chi connectivity index (χ0n) is 12.9. The molecule has 0 aliphatic heterocycles. The molecule has 0 saturated heterocycles. The van der Waals surface area contributed by atoms with Crippen molar-refractivity contribution < 1.29 is 4.74 Å². The molecule has 108 valence electrons. The highest BCUT2D eigenvalue weighted by Crippen LogP contribution is 2.30. The van der Waals surface area contributed by atoms with Gasteiger partial charge in [0.25, 0.3) is 0 Å². The number of nitrogens with zero attached hydrogens (tertiary/aromatic N) is 2. The van der Waals surface area contributed by atoms with Crippen LogP contribution in [0.4, 0.5) is 11.5 Å². The van der Waals surface area contributed by atoms with E-state index >= 15 is 0 Å². The van der Waals surface area contributed by atoms with Gasteiger partial charge in [-0.05, 0) is 20.3 Å². The van der Waals surface area contributed by atoms with Crippen molar-refractivity contribution in [2.75, 3.05) is 17.7 Å². The van der Waals surface area contributed by atoms with E-state index in [0.717, 1.165) is 12.2 Å². The van der Waals surface area contributed by atoms with Gasteiger partial charge in [-0.2, -0.15) is 4.98 Å². The van der Waals surface area contributed by atoms with Crippen molar-refractivity contribution in [3.63, 3.8) is 0 Å². The van der Waals surface area contributed by atoms with Crippen molar-refractivity contribution in [2.45, 2.75) is 59.4 Å². The lowest BCUT2D eigenvalue weighted by atomic mass is 9.95. The van der Waals surface area contributed by atoms with Crippen LogP contribution in [0.15, 0.2) is 0 Å². The highest BCUT2D eigenvalue weighted by atomic mass is 16.5. The van der Waals surface area contributed by atoms with Gasteiger partial charge in [0, 0.05) is 11.5 Å². The van der Waals surface area contributed by atoms with Crippen molar-refractivity contribution >= 4 is 11.5 Å². The first kappa shape index (κ1) is 15.5. The Bertz CT molecular complexity index is 426. The summed E-state index contributed by atoms with van der Waals surface area (Å²) in [4.78, 5) is 8.98. The van der Waals surface area contributed by atoms with E-state index in [-0.39, 0.29) is 5.41 Å². The van der Waals surface area contributed by atoms with Gasteiger partial charge < -0.3 is 15.8 Å². The molecule has 3 N–H and O–H groups in total. The third kappa shape index (κ3) is 3.98. The molecule has 0 saturated carbocycles. The van der Waals surface area contributed by atoms with Crippen LogP contribution < -0.4 is 15.8 Å². The fourth-order valence-electron chi connectivity index (χ4n) is 1.48. The summed E-state index contributed by atoms with van der Waals surface area (Å²) < 4.78 is 5.51. The number of nitrogens with one attached hydrogen (secondary N) is 1. The predicted octanol–water partition coefficient (Wildman–Crippen LogP) is 2.97. The van der Waals surface area contributed by atoms with E-state index in [0.29, 0.717) is 30.0 Å². The standard InChI is InChI=1S/C14H26N4O/c1-7-9(3)16-11-10(15)12(19-8-2)18-13(17-11)14(4,5)6/h9H,7-8,15H2,1-6H3,(H,16,17,18). The maximum Gasteiger partial charge on any atom is 0.242 e. The van der Waals surface area contributed by atoms with Crippen LogP contribution in [0, 0.1) is 0 Å². The van der Waals surface area contributed by atoms with Crippen molar-refractivity contribution in [1.82, 2.24) is 9.97 Å². The van der Waals surface area contributed by atoms with Crippen LogP contribution in [0.5, 0.6) is 5.88 Å². The van der Waals surface area contributed by atoms with Gasteiger partial charge in [-0.3, -0.25) is 0 Å². The van der Waals surface area contributed by atoms with Gasteiger partial charge in [-0.1, -0.05) is 27.7 Å². The summed E-state index contributed by atoms with van der Waals surface area (Å²) >= 11 is 0. The predicted molar refractivity (Wildman–Crippen MR) is 79.7 cm³/mol. The van der Waals surface area contributed by atoms with Crippen LogP contribution in [0.25, 0.3) is 0 Å². The van der Waals surface area contributed by atoms with Crippen molar-refractivity contribution in [2.24, 2.45) is 0 Å². The minimum Gasteiger partial charge on any atom is -0.476 e. The number of nitrogen functional groups attached to an aromatic ring is 1. The Labute approximate surface area is 116 Å². The molecule has 1 atom stereocenters. The van der Waals surface area contributed by atoms with Gasteiger partial charge in [0.1, 0.15) is 11.5 Å². The molecule has 5 nitrogen and oxygen atoms in total. The molecular weight excluding hydrogens is 240 g/mol. The Balaban J connectivity index is 3.23. The van der Waals surface area contributed by atoms with E-state index in [2.05, 4.69) is 49.9 Å². The monoisotopic (exact) mass is 266 g/mol. The molecule has 0 fully saturated rings. The van der Waals surface area contributed by atoms with Crippen LogP contribution in [0.3, 0.4) is 0 Å². The Kier molecular flexibility index (Phi) is 4.97. The molecule has 1 aromatic heterocycles. The fourth-order valence-corrected chi connectivity index (χ4v) is 1.48. The lowest BCUT2D eigenvalue weighted by molar-refractivity contribution is 0.324. The van der Waals surface area contributed by atoms with Crippen molar-refractivity contribution in [3.05, 3.63) is 5.82 Å². The quantitative estimate of drug-likeness (QED) is 0.857. The maximum absolute atomic E-state index is 6.07. The number of hydrogen-bond donors (Lipinski definition) is 2. The van der Waals surface area contributed by atoms with E-state index in [1.807, 2.05) is 6.92 Å². The highest BCUT2D eigenvalue weighted by Gasteiger charge is 2.22. The third-order valence-electron chi connectivity index (χ3n) is 2.86. The summed E-state index contributed by atoms with van der Waals surface area (Å²) in [5.74, 6) is 1.86. The third-order valence-corrected chi connectivity index (χ3v) is 2.86. The molecule has 0 aliphatic carbocycles. The second-order valence-electron chi connectivity index (χ2n) is 5.75. The van der Waals surface area contributed by atoms with Crippen LogP contribution >= 0.6 is 0 Å². The minimum absolute atomic E-state index is 0.147. The molecule has 0 bridgehead atoms. The molecular formula is C14H26N4O. The molecule has 1 aromatic rings. The largest absolute Gasteiger partial charge is 0.476 e. The summed E-state index contributed by atoms with van der Waals surface area (Å²) in [6.45, 7) is 12.9. The number of rotatable bonds is 5.